The van der Waals surface area contributed by atoms with Gasteiger partial charge in [-0.05, 0) is 47.5 Å². The highest BCUT2D eigenvalue weighted by Crippen LogP contribution is 2.36. The molecule has 1 amide bonds. The van der Waals surface area contributed by atoms with Crippen LogP contribution in [0, 0.1) is 6.92 Å². The number of aromatic nitrogens is 2. The number of carbonyl (C=O) groups is 1. The Morgan fingerprint density at radius 3 is 2.29 bits per heavy atom. The smallest absolute Gasteiger partial charge is 0.465 e. The van der Waals surface area contributed by atoms with Gasteiger partial charge in [-0.2, -0.15) is 5.10 Å². The van der Waals surface area contributed by atoms with Gasteiger partial charge in [0.25, 0.3) is 0 Å². The molecule has 0 saturated carbocycles. The molecule has 2 fully saturated rings. The van der Waals surface area contributed by atoms with Crippen LogP contribution in [0.5, 0.6) is 0 Å². The van der Waals surface area contributed by atoms with E-state index in [4.69, 9.17) is 14.4 Å². The second kappa shape index (κ2) is 5.77. The lowest BCUT2D eigenvalue weighted by molar-refractivity contribution is 0.00578. The van der Waals surface area contributed by atoms with E-state index in [1.54, 1.807) is 0 Å². The van der Waals surface area contributed by atoms with Crippen LogP contribution in [0.3, 0.4) is 0 Å². The molecular weight excluding hydrogens is 309 g/mol. The summed E-state index contributed by atoms with van der Waals surface area (Å²) in [4.78, 5) is 12.5. The third-order valence-electron chi connectivity index (χ3n) is 5.57. The first-order valence-electron chi connectivity index (χ1n) is 8.50. The monoisotopic (exact) mass is 335 g/mol. The Morgan fingerprint density at radius 1 is 1.25 bits per heavy atom. The van der Waals surface area contributed by atoms with Gasteiger partial charge in [-0.3, -0.25) is 4.68 Å². The molecule has 132 valence electrons. The van der Waals surface area contributed by atoms with Crippen LogP contribution >= 0.6 is 0 Å². The van der Waals surface area contributed by atoms with Gasteiger partial charge in [-0.15, -0.1) is 0 Å². The molecule has 0 spiro atoms. The summed E-state index contributed by atoms with van der Waals surface area (Å²) in [6.07, 6.45) is 2.70. The van der Waals surface area contributed by atoms with Crippen molar-refractivity contribution in [1.29, 1.82) is 0 Å². The maximum atomic E-state index is 11.0. The summed E-state index contributed by atoms with van der Waals surface area (Å²) in [5, 5.41) is 13.7. The molecule has 3 rings (SSSR count). The van der Waals surface area contributed by atoms with E-state index in [0.717, 1.165) is 24.0 Å². The summed E-state index contributed by atoms with van der Waals surface area (Å²) in [5.74, 6) is 0. The minimum absolute atomic E-state index is 0.218. The Morgan fingerprint density at radius 2 is 1.79 bits per heavy atom. The van der Waals surface area contributed by atoms with E-state index in [-0.39, 0.29) is 17.2 Å². The number of nitrogens with zero attached hydrogens (tertiary/aromatic N) is 3. The van der Waals surface area contributed by atoms with Gasteiger partial charge < -0.3 is 19.3 Å². The second-order valence-electron chi connectivity index (χ2n) is 7.74. The number of hydrogen-bond donors (Lipinski definition) is 1. The Bertz CT molecular complexity index is 619. The van der Waals surface area contributed by atoms with Crippen LogP contribution < -0.4 is 5.46 Å². The molecule has 8 heteroatoms. The van der Waals surface area contributed by atoms with E-state index in [0.29, 0.717) is 13.1 Å². The van der Waals surface area contributed by atoms with Gasteiger partial charge in [0.05, 0.1) is 22.9 Å². The predicted molar refractivity (Wildman–Crippen MR) is 90.5 cm³/mol. The Hall–Kier alpha value is -1.54. The first kappa shape index (κ1) is 17.3. The molecule has 7 nitrogen and oxygen atoms in total. The van der Waals surface area contributed by atoms with Crippen LogP contribution in [0.1, 0.15) is 52.3 Å². The largest absolute Gasteiger partial charge is 0.498 e. The van der Waals surface area contributed by atoms with Gasteiger partial charge in [0.1, 0.15) is 0 Å². The van der Waals surface area contributed by atoms with Crippen molar-refractivity contribution in [3.63, 3.8) is 0 Å². The number of likely N-dealkylation sites (tertiary alicyclic amines) is 1. The third kappa shape index (κ3) is 2.93. The fourth-order valence-corrected chi connectivity index (χ4v) is 3.21. The van der Waals surface area contributed by atoms with E-state index >= 15 is 0 Å². The Kier molecular flexibility index (Phi) is 4.16. The van der Waals surface area contributed by atoms with E-state index in [9.17, 15) is 4.79 Å². The molecule has 0 bridgehead atoms. The zero-order valence-electron chi connectivity index (χ0n) is 15.1. The van der Waals surface area contributed by atoms with Gasteiger partial charge >= 0.3 is 13.2 Å². The standard InChI is InChI=1S/C16H26BN3O4/c1-11-13(17-23-15(2,3)16(4,5)24-17)10-20(18-11)12-6-8-19(9-7-12)14(21)22/h10,12H,6-9H2,1-5H3,(H,21,22). The second-order valence-corrected chi connectivity index (χ2v) is 7.74. The number of hydrogen-bond acceptors (Lipinski definition) is 4. The molecule has 2 saturated heterocycles. The normalized spacial score (nSPS) is 23.7. The van der Waals surface area contributed by atoms with Crippen LogP contribution in [-0.4, -0.2) is 57.3 Å². The zero-order chi connectivity index (χ0) is 17.7. The highest BCUT2D eigenvalue weighted by molar-refractivity contribution is 6.62. The summed E-state index contributed by atoms with van der Waals surface area (Å²) in [5.41, 5.74) is 1.10. The van der Waals surface area contributed by atoms with Crippen LogP contribution in [0.15, 0.2) is 6.20 Å². The van der Waals surface area contributed by atoms with Crippen molar-refractivity contribution in [2.75, 3.05) is 13.1 Å². The number of aryl methyl sites for hydroxylation is 1. The van der Waals surface area contributed by atoms with Crippen molar-refractivity contribution in [1.82, 2.24) is 14.7 Å². The predicted octanol–water partition coefficient (Wildman–Crippen LogP) is 1.81. The Balaban J connectivity index is 1.74. The third-order valence-corrected chi connectivity index (χ3v) is 5.57. The summed E-state index contributed by atoms with van der Waals surface area (Å²) < 4.78 is 14.2. The number of amides is 1. The van der Waals surface area contributed by atoms with Crippen molar-refractivity contribution >= 4 is 18.7 Å². The minimum Gasteiger partial charge on any atom is -0.465 e. The van der Waals surface area contributed by atoms with Crippen molar-refractivity contribution < 1.29 is 19.2 Å². The zero-order valence-corrected chi connectivity index (χ0v) is 15.1. The SMILES string of the molecule is Cc1nn(C2CCN(C(=O)O)CC2)cc1B1OC(C)(C)C(C)(C)O1. The van der Waals surface area contributed by atoms with Gasteiger partial charge in [0.15, 0.2) is 0 Å². The fourth-order valence-electron chi connectivity index (χ4n) is 3.21. The molecule has 2 aliphatic heterocycles. The van der Waals surface area contributed by atoms with Gasteiger partial charge in [0.2, 0.25) is 0 Å². The first-order chi connectivity index (χ1) is 11.1. The van der Waals surface area contributed by atoms with Crippen molar-refractivity contribution in [3.8, 4) is 0 Å². The molecule has 1 aromatic rings. The minimum atomic E-state index is -0.844. The molecule has 0 aromatic carbocycles. The highest BCUT2D eigenvalue weighted by atomic mass is 16.7. The van der Waals surface area contributed by atoms with Crippen LogP contribution in [-0.2, 0) is 9.31 Å². The lowest BCUT2D eigenvalue weighted by atomic mass is 9.79. The number of carboxylic acid groups (broad SMARTS) is 1. The molecule has 0 aliphatic carbocycles. The lowest BCUT2D eigenvalue weighted by Crippen LogP contribution is -2.41. The van der Waals surface area contributed by atoms with Crippen molar-refractivity contribution in [2.45, 2.75) is 64.7 Å². The maximum absolute atomic E-state index is 11.0. The average molecular weight is 335 g/mol. The summed E-state index contributed by atoms with van der Waals surface area (Å²) in [6.45, 7) is 11.2. The molecule has 2 aliphatic rings. The Labute approximate surface area is 143 Å². The van der Waals surface area contributed by atoms with E-state index in [2.05, 4.69) is 5.10 Å². The summed E-state index contributed by atoms with van der Waals surface area (Å²) in [6, 6.07) is 0.218. The fraction of sp³-hybridized carbons (Fsp3) is 0.750. The van der Waals surface area contributed by atoms with Gasteiger partial charge in [-0.25, -0.2) is 4.79 Å². The van der Waals surface area contributed by atoms with E-state index in [1.807, 2.05) is 45.5 Å². The van der Waals surface area contributed by atoms with E-state index in [1.165, 1.54) is 4.90 Å². The maximum Gasteiger partial charge on any atom is 0.498 e. The topological polar surface area (TPSA) is 76.8 Å². The molecule has 1 N–H and O–H groups in total. The highest BCUT2D eigenvalue weighted by Gasteiger charge is 2.52. The van der Waals surface area contributed by atoms with E-state index < -0.39 is 13.2 Å². The molecular formula is C16H26BN3O4. The quantitative estimate of drug-likeness (QED) is 0.834. The van der Waals surface area contributed by atoms with Gasteiger partial charge in [0, 0.05) is 24.7 Å². The van der Waals surface area contributed by atoms with Crippen molar-refractivity contribution in [3.05, 3.63) is 11.9 Å². The summed E-state index contributed by atoms with van der Waals surface area (Å²) in [7, 11) is -0.414. The van der Waals surface area contributed by atoms with Gasteiger partial charge in [-0.1, -0.05) is 0 Å². The molecule has 1 aromatic heterocycles. The molecule has 0 unspecified atom stereocenters. The molecule has 0 radical (unpaired) electrons. The summed E-state index contributed by atoms with van der Waals surface area (Å²) >= 11 is 0. The van der Waals surface area contributed by atoms with Crippen molar-refractivity contribution in [2.24, 2.45) is 0 Å². The molecule has 24 heavy (non-hydrogen) atoms. The number of piperidine rings is 1. The first-order valence-corrected chi connectivity index (χ1v) is 8.50. The van der Waals surface area contributed by atoms with Crippen LogP contribution in [0.25, 0.3) is 0 Å². The average Bonchev–Trinajstić information content (AvgIpc) is 2.97. The van der Waals surface area contributed by atoms with Crippen LogP contribution in [0.4, 0.5) is 4.79 Å². The van der Waals surface area contributed by atoms with Crippen LogP contribution in [0.2, 0.25) is 0 Å². The molecule has 3 heterocycles. The molecule has 0 atom stereocenters. The number of rotatable bonds is 2. The lowest BCUT2D eigenvalue weighted by Gasteiger charge is -2.32.